The minimum atomic E-state index is -0.556. The number of hydrogen-bond acceptors (Lipinski definition) is 4. The normalized spacial score (nSPS) is 16.3. The SMILES string of the molecule is COc1cc([C@@H]2NC(=O)c3ccccc3O2)ccc1OC(C)C. The molecule has 0 unspecified atom stereocenters. The molecule has 1 heterocycles. The van der Waals surface area contributed by atoms with Gasteiger partial charge in [-0.1, -0.05) is 12.1 Å². The molecule has 0 saturated carbocycles. The van der Waals surface area contributed by atoms with Crippen LogP contribution in [0.25, 0.3) is 0 Å². The number of hydrogen-bond donors (Lipinski definition) is 1. The summed E-state index contributed by atoms with van der Waals surface area (Å²) in [6.45, 7) is 3.91. The van der Waals surface area contributed by atoms with Gasteiger partial charge >= 0.3 is 0 Å². The zero-order valence-electron chi connectivity index (χ0n) is 13.3. The summed E-state index contributed by atoms with van der Waals surface area (Å²) in [7, 11) is 1.59. The van der Waals surface area contributed by atoms with Crippen LogP contribution in [0.2, 0.25) is 0 Å². The van der Waals surface area contributed by atoms with E-state index >= 15 is 0 Å². The lowest BCUT2D eigenvalue weighted by Crippen LogP contribution is -2.36. The maximum Gasteiger partial charge on any atom is 0.258 e. The first-order valence-electron chi connectivity index (χ1n) is 7.49. The Morgan fingerprint density at radius 2 is 1.91 bits per heavy atom. The highest BCUT2D eigenvalue weighted by atomic mass is 16.5. The Kier molecular flexibility index (Phi) is 4.10. The van der Waals surface area contributed by atoms with Gasteiger partial charge in [-0.05, 0) is 44.2 Å². The molecule has 120 valence electrons. The van der Waals surface area contributed by atoms with Crippen molar-refractivity contribution < 1.29 is 19.0 Å². The minimum Gasteiger partial charge on any atom is -0.493 e. The lowest BCUT2D eigenvalue weighted by atomic mass is 10.1. The largest absolute Gasteiger partial charge is 0.493 e. The molecule has 2 aromatic rings. The molecule has 2 aromatic carbocycles. The molecule has 0 aliphatic carbocycles. The fraction of sp³-hybridized carbons (Fsp3) is 0.278. The molecule has 0 radical (unpaired) electrons. The predicted molar refractivity (Wildman–Crippen MR) is 86.0 cm³/mol. The molecule has 1 amide bonds. The topological polar surface area (TPSA) is 56.8 Å². The van der Waals surface area contributed by atoms with E-state index in [2.05, 4.69) is 5.32 Å². The maximum absolute atomic E-state index is 12.2. The van der Waals surface area contributed by atoms with Crippen LogP contribution in [0, 0.1) is 0 Å². The highest BCUT2D eigenvalue weighted by Crippen LogP contribution is 2.34. The van der Waals surface area contributed by atoms with Crippen LogP contribution in [-0.2, 0) is 0 Å². The molecule has 23 heavy (non-hydrogen) atoms. The van der Waals surface area contributed by atoms with Crippen LogP contribution in [0.15, 0.2) is 42.5 Å². The van der Waals surface area contributed by atoms with Gasteiger partial charge in [-0.15, -0.1) is 0 Å². The van der Waals surface area contributed by atoms with E-state index < -0.39 is 6.23 Å². The highest BCUT2D eigenvalue weighted by molar-refractivity contribution is 5.98. The van der Waals surface area contributed by atoms with Crippen LogP contribution in [0.3, 0.4) is 0 Å². The van der Waals surface area contributed by atoms with Crippen molar-refractivity contribution in [1.29, 1.82) is 0 Å². The molecule has 1 aliphatic heterocycles. The second kappa shape index (κ2) is 6.20. The van der Waals surface area contributed by atoms with Gasteiger partial charge in [-0.25, -0.2) is 0 Å². The molecule has 5 heteroatoms. The number of amides is 1. The molecule has 0 bridgehead atoms. The van der Waals surface area contributed by atoms with Crippen molar-refractivity contribution in [3.8, 4) is 17.2 Å². The van der Waals surface area contributed by atoms with Crippen molar-refractivity contribution in [2.45, 2.75) is 26.2 Å². The number of benzene rings is 2. The smallest absolute Gasteiger partial charge is 0.258 e. The lowest BCUT2D eigenvalue weighted by Gasteiger charge is -2.27. The lowest BCUT2D eigenvalue weighted by molar-refractivity contribution is 0.0755. The van der Waals surface area contributed by atoms with E-state index in [4.69, 9.17) is 14.2 Å². The number of rotatable bonds is 4. The van der Waals surface area contributed by atoms with E-state index in [0.29, 0.717) is 22.8 Å². The first kappa shape index (κ1) is 15.2. The van der Waals surface area contributed by atoms with E-state index in [9.17, 15) is 4.79 Å². The molecule has 0 aromatic heterocycles. The molecule has 1 N–H and O–H groups in total. The second-order valence-corrected chi connectivity index (χ2v) is 5.54. The Morgan fingerprint density at radius 3 is 2.65 bits per heavy atom. The third-order valence-electron chi connectivity index (χ3n) is 3.49. The van der Waals surface area contributed by atoms with Gasteiger partial charge in [-0.2, -0.15) is 0 Å². The van der Waals surface area contributed by atoms with E-state index in [1.165, 1.54) is 0 Å². The summed E-state index contributed by atoms with van der Waals surface area (Å²) < 4.78 is 17.0. The molecule has 5 nitrogen and oxygen atoms in total. The number of methoxy groups -OCH3 is 1. The average Bonchev–Trinajstić information content (AvgIpc) is 2.54. The van der Waals surface area contributed by atoms with Gasteiger partial charge in [0.1, 0.15) is 5.75 Å². The molecule has 1 atom stereocenters. The molecule has 0 spiro atoms. The van der Waals surface area contributed by atoms with E-state index in [0.717, 1.165) is 5.56 Å². The summed E-state index contributed by atoms with van der Waals surface area (Å²) in [6.07, 6.45) is -0.508. The third kappa shape index (κ3) is 3.08. The van der Waals surface area contributed by atoms with Gasteiger partial charge in [0.2, 0.25) is 0 Å². The Balaban J connectivity index is 1.89. The van der Waals surface area contributed by atoms with Crippen LogP contribution >= 0.6 is 0 Å². The summed E-state index contributed by atoms with van der Waals surface area (Å²) >= 11 is 0. The van der Waals surface area contributed by atoms with E-state index in [-0.39, 0.29) is 12.0 Å². The standard InChI is InChI=1S/C18H19NO4/c1-11(2)22-15-9-8-12(10-16(15)21-3)18-19-17(20)13-6-4-5-7-14(13)23-18/h4-11,18H,1-3H3,(H,19,20)/t18-/m1/s1. The van der Waals surface area contributed by atoms with Crippen LogP contribution in [0.4, 0.5) is 0 Å². The molecule has 0 saturated heterocycles. The number of fused-ring (bicyclic) bond motifs is 1. The van der Waals surface area contributed by atoms with E-state index in [1.54, 1.807) is 19.2 Å². The minimum absolute atomic E-state index is 0.0484. The Hall–Kier alpha value is -2.69. The second-order valence-electron chi connectivity index (χ2n) is 5.54. The summed E-state index contributed by atoms with van der Waals surface area (Å²) in [5.41, 5.74) is 1.33. The summed E-state index contributed by atoms with van der Waals surface area (Å²) in [5, 5.41) is 2.84. The first-order chi connectivity index (χ1) is 11.1. The molecular weight excluding hydrogens is 294 g/mol. The van der Waals surface area contributed by atoms with Crippen molar-refractivity contribution in [3.63, 3.8) is 0 Å². The first-order valence-corrected chi connectivity index (χ1v) is 7.49. The van der Waals surface area contributed by atoms with Gasteiger partial charge in [0, 0.05) is 5.56 Å². The molecule has 1 aliphatic rings. The van der Waals surface area contributed by atoms with Gasteiger partial charge in [0.25, 0.3) is 5.91 Å². The Bertz CT molecular complexity index is 727. The van der Waals surface area contributed by atoms with Crippen LogP contribution in [0.5, 0.6) is 17.2 Å². The van der Waals surface area contributed by atoms with Crippen molar-refractivity contribution in [3.05, 3.63) is 53.6 Å². The Morgan fingerprint density at radius 1 is 1.13 bits per heavy atom. The van der Waals surface area contributed by atoms with Gasteiger partial charge < -0.3 is 19.5 Å². The number of carbonyl (C=O) groups is 1. The Labute approximate surface area is 135 Å². The van der Waals surface area contributed by atoms with Crippen molar-refractivity contribution in [2.24, 2.45) is 0 Å². The van der Waals surface area contributed by atoms with Crippen LogP contribution in [-0.4, -0.2) is 19.1 Å². The number of para-hydroxylation sites is 1. The fourth-order valence-electron chi connectivity index (χ4n) is 2.46. The van der Waals surface area contributed by atoms with Gasteiger partial charge in [0.05, 0.1) is 18.8 Å². The predicted octanol–water partition coefficient (Wildman–Crippen LogP) is 3.30. The number of nitrogens with one attached hydrogen (secondary N) is 1. The van der Waals surface area contributed by atoms with Crippen molar-refractivity contribution in [2.75, 3.05) is 7.11 Å². The van der Waals surface area contributed by atoms with Crippen molar-refractivity contribution >= 4 is 5.91 Å². The highest BCUT2D eigenvalue weighted by Gasteiger charge is 2.27. The van der Waals surface area contributed by atoms with Crippen LogP contribution in [0.1, 0.15) is 36.0 Å². The number of carbonyl (C=O) groups excluding carboxylic acids is 1. The zero-order valence-corrected chi connectivity index (χ0v) is 13.3. The average molecular weight is 313 g/mol. The third-order valence-corrected chi connectivity index (χ3v) is 3.49. The zero-order chi connectivity index (χ0) is 16.4. The summed E-state index contributed by atoms with van der Waals surface area (Å²) in [6, 6.07) is 12.7. The molecular formula is C18H19NO4. The number of ether oxygens (including phenoxy) is 3. The summed E-state index contributed by atoms with van der Waals surface area (Å²) in [4.78, 5) is 12.2. The van der Waals surface area contributed by atoms with Crippen molar-refractivity contribution in [1.82, 2.24) is 5.32 Å². The van der Waals surface area contributed by atoms with Gasteiger partial charge in [-0.3, -0.25) is 4.79 Å². The quantitative estimate of drug-likeness (QED) is 0.941. The monoisotopic (exact) mass is 313 g/mol. The molecule has 3 rings (SSSR count). The van der Waals surface area contributed by atoms with E-state index in [1.807, 2.05) is 44.2 Å². The fourth-order valence-corrected chi connectivity index (χ4v) is 2.46. The van der Waals surface area contributed by atoms with Gasteiger partial charge in [0.15, 0.2) is 17.7 Å². The molecule has 0 fully saturated rings. The van der Waals surface area contributed by atoms with Crippen LogP contribution < -0.4 is 19.5 Å². The summed E-state index contributed by atoms with van der Waals surface area (Å²) in [5.74, 6) is 1.68. The maximum atomic E-state index is 12.2.